The Bertz CT molecular complexity index is 1390. The summed E-state index contributed by atoms with van der Waals surface area (Å²) in [6.45, 7) is 3.82. The molecule has 1 aliphatic rings. The molecule has 176 valence electrons. The lowest BCUT2D eigenvalue weighted by atomic mass is 9.97. The molecule has 5 rings (SSSR count). The van der Waals surface area contributed by atoms with Gasteiger partial charge in [-0.25, -0.2) is 4.79 Å². The molecule has 1 aliphatic heterocycles. The maximum atomic E-state index is 13.3. The predicted octanol–water partition coefficient (Wildman–Crippen LogP) is 5.55. The summed E-state index contributed by atoms with van der Waals surface area (Å²) in [6.07, 6.45) is -4.45. The van der Waals surface area contributed by atoms with E-state index in [1.165, 1.54) is 13.2 Å². The Labute approximate surface area is 194 Å². The van der Waals surface area contributed by atoms with Crippen molar-refractivity contribution in [3.8, 4) is 11.1 Å². The van der Waals surface area contributed by atoms with E-state index in [2.05, 4.69) is 34.0 Å². The average Bonchev–Trinajstić information content (AvgIpc) is 3.20. The van der Waals surface area contributed by atoms with Gasteiger partial charge < -0.3 is 19.5 Å². The minimum absolute atomic E-state index is 0.282. The van der Waals surface area contributed by atoms with Crippen LogP contribution >= 0.6 is 0 Å². The quantitative estimate of drug-likeness (QED) is 0.402. The predicted molar refractivity (Wildman–Crippen MR) is 127 cm³/mol. The highest BCUT2D eigenvalue weighted by atomic mass is 19.4. The van der Waals surface area contributed by atoms with Gasteiger partial charge in [-0.05, 0) is 54.6 Å². The second-order valence-corrected chi connectivity index (χ2v) is 8.66. The van der Waals surface area contributed by atoms with Gasteiger partial charge in [-0.15, -0.1) is 0 Å². The molecule has 0 aliphatic carbocycles. The van der Waals surface area contributed by atoms with Crippen LogP contribution < -0.4 is 4.90 Å². The zero-order valence-electron chi connectivity index (χ0n) is 18.9. The third kappa shape index (κ3) is 3.98. The number of aromatic nitrogens is 1. The third-order valence-electron chi connectivity index (χ3n) is 6.49. The zero-order chi connectivity index (χ0) is 24.0. The lowest BCUT2D eigenvalue weighted by molar-refractivity contribution is -0.137. The maximum Gasteiger partial charge on any atom is 0.416 e. The molecule has 1 fully saturated rings. The van der Waals surface area contributed by atoms with Crippen LogP contribution in [-0.4, -0.2) is 56.2 Å². The number of H-pyrrole nitrogens is 1. The summed E-state index contributed by atoms with van der Waals surface area (Å²) in [7, 11) is 3.40. The van der Waals surface area contributed by atoms with Crippen molar-refractivity contribution in [1.29, 1.82) is 0 Å². The number of anilines is 1. The molecule has 1 saturated heterocycles. The van der Waals surface area contributed by atoms with Crippen LogP contribution in [0.5, 0.6) is 0 Å². The van der Waals surface area contributed by atoms with Gasteiger partial charge in [0.15, 0.2) is 0 Å². The number of ether oxygens (including phenoxy) is 1. The Morgan fingerprint density at radius 1 is 0.941 bits per heavy atom. The van der Waals surface area contributed by atoms with Gasteiger partial charge in [-0.3, -0.25) is 0 Å². The van der Waals surface area contributed by atoms with Crippen LogP contribution in [0.3, 0.4) is 0 Å². The zero-order valence-corrected chi connectivity index (χ0v) is 18.9. The van der Waals surface area contributed by atoms with Crippen LogP contribution in [0.2, 0.25) is 0 Å². The van der Waals surface area contributed by atoms with Gasteiger partial charge in [0, 0.05) is 48.2 Å². The summed E-state index contributed by atoms with van der Waals surface area (Å²) in [5.41, 5.74) is 2.99. The highest BCUT2D eigenvalue weighted by Gasteiger charge is 2.30. The molecule has 0 saturated carbocycles. The smallest absolute Gasteiger partial charge is 0.416 e. The summed E-state index contributed by atoms with van der Waals surface area (Å²) < 4.78 is 44.8. The van der Waals surface area contributed by atoms with Gasteiger partial charge in [0.25, 0.3) is 0 Å². The van der Waals surface area contributed by atoms with Gasteiger partial charge in [0.2, 0.25) is 0 Å². The van der Waals surface area contributed by atoms with E-state index in [-0.39, 0.29) is 5.56 Å². The Morgan fingerprint density at radius 2 is 1.71 bits per heavy atom. The van der Waals surface area contributed by atoms with Gasteiger partial charge in [0.1, 0.15) is 0 Å². The van der Waals surface area contributed by atoms with Crippen molar-refractivity contribution in [2.24, 2.45) is 0 Å². The number of nitrogens with zero attached hydrogens (tertiary/aromatic N) is 2. The van der Waals surface area contributed by atoms with E-state index in [0.717, 1.165) is 60.3 Å². The van der Waals surface area contributed by atoms with Crippen molar-refractivity contribution < 1.29 is 22.7 Å². The maximum absolute atomic E-state index is 13.3. The lowest BCUT2D eigenvalue weighted by Gasteiger charge is -2.34. The number of likely N-dealkylation sites (N-methyl/N-ethyl adjacent to an activating group) is 1. The van der Waals surface area contributed by atoms with E-state index >= 15 is 0 Å². The number of hydrogen-bond acceptors (Lipinski definition) is 4. The molecule has 1 N–H and O–H groups in total. The third-order valence-corrected chi connectivity index (χ3v) is 6.49. The fraction of sp³-hybridized carbons (Fsp3) is 0.269. The second-order valence-electron chi connectivity index (χ2n) is 8.66. The number of aromatic amines is 1. The standard InChI is InChI=1S/C26H24F3N3O2/c1-31-8-10-32(11-9-31)19-6-7-20-21-13-17(16-4-3-5-18(12-16)26(27,28)29)14-22(25(33)34-2)24(21)30-23(20)15-19/h3-7,12-15,30H,8-11H2,1-2H3. The van der Waals surface area contributed by atoms with E-state index in [9.17, 15) is 18.0 Å². The summed E-state index contributed by atoms with van der Waals surface area (Å²) in [5.74, 6) is -0.551. The molecule has 0 amide bonds. The Balaban J connectivity index is 1.66. The van der Waals surface area contributed by atoms with Crippen LogP contribution in [0.1, 0.15) is 15.9 Å². The number of nitrogens with one attached hydrogen (secondary N) is 1. The van der Waals surface area contributed by atoms with E-state index in [0.29, 0.717) is 16.6 Å². The van der Waals surface area contributed by atoms with Crippen molar-refractivity contribution >= 4 is 33.5 Å². The molecule has 0 unspecified atom stereocenters. The number of rotatable bonds is 3. The van der Waals surface area contributed by atoms with Crippen LogP contribution in [0.25, 0.3) is 32.9 Å². The normalized spacial score (nSPS) is 15.3. The van der Waals surface area contributed by atoms with Crippen molar-refractivity contribution in [2.45, 2.75) is 6.18 Å². The number of hydrogen-bond donors (Lipinski definition) is 1. The molecule has 0 spiro atoms. The molecule has 34 heavy (non-hydrogen) atoms. The summed E-state index contributed by atoms with van der Waals surface area (Å²) in [5, 5.41) is 1.65. The molecular weight excluding hydrogens is 443 g/mol. The molecule has 0 bridgehead atoms. The molecule has 3 aromatic carbocycles. The highest BCUT2D eigenvalue weighted by molar-refractivity contribution is 6.15. The van der Waals surface area contributed by atoms with Crippen molar-refractivity contribution in [3.05, 3.63) is 65.7 Å². The fourth-order valence-electron chi connectivity index (χ4n) is 4.57. The lowest BCUT2D eigenvalue weighted by Crippen LogP contribution is -2.44. The SMILES string of the molecule is COC(=O)c1cc(-c2cccc(C(F)(F)F)c2)cc2c1[nH]c1cc(N3CCN(C)CC3)ccc12. The van der Waals surface area contributed by atoms with E-state index < -0.39 is 17.7 Å². The van der Waals surface area contributed by atoms with Gasteiger partial charge in [-0.2, -0.15) is 13.2 Å². The monoisotopic (exact) mass is 467 g/mol. The van der Waals surface area contributed by atoms with E-state index in [1.54, 1.807) is 12.1 Å². The van der Waals surface area contributed by atoms with Crippen LogP contribution in [-0.2, 0) is 10.9 Å². The molecule has 1 aromatic heterocycles. The number of carbonyl (C=O) groups is 1. The number of carbonyl (C=O) groups excluding carboxylic acids is 1. The molecule has 0 atom stereocenters. The number of halogens is 3. The number of alkyl halides is 3. The van der Waals surface area contributed by atoms with Crippen molar-refractivity contribution in [3.63, 3.8) is 0 Å². The minimum Gasteiger partial charge on any atom is -0.465 e. The molecule has 2 heterocycles. The largest absolute Gasteiger partial charge is 0.465 e. The average molecular weight is 467 g/mol. The summed E-state index contributed by atoms with van der Waals surface area (Å²) in [6, 6.07) is 14.6. The molecule has 5 nitrogen and oxygen atoms in total. The Kier molecular flexibility index (Phi) is 5.48. The first-order valence-corrected chi connectivity index (χ1v) is 11.0. The summed E-state index contributed by atoms with van der Waals surface area (Å²) >= 11 is 0. The number of piperazine rings is 1. The Morgan fingerprint density at radius 3 is 2.41 bits per heavy atom. The van der Waals surface area contributed by atoms with Crippen LogP contribution in [0, 0.1) is 0 Å². The molecular formula is C26H24F3N3O2. The van der Waals surface area contributed by atoms with Gasteiger partial charge in [-0.1, -0.05) is 18.2 Å². The first-order chi connectivity index (χ1) is 16.2. The number of methoxy groups -OCH3 is 1. The second kappa shape index (κ2) is 8.36. The molecule has 0 radical (unpaired) electrons. The first-order valence-electron chi connectivity index (χ1n) is 11.0. The minimum atomic E-state index is -4.45. The number of benzene rings is 3. The molecule has 8 heteroatoms. The fourth-order valence-corrected chi connectivity index (χ4v) is 4.57. The van der Waals surface area contributed by atoms with Gasteiger partial charge >= 0.3 is 12.1 Å². The van der Waals surface area contributed by atoms with E-state index in [4.69, 9.17) is 4.74 Å². The Hall–Kier alpha value is -3.52. The van der Waals surface area contributed by atoms with Crippen molar-refractivity contribution in [1.82, 2.24) is 9.88 Å². The summed E-state index contributed by atoms with van der Waals surface area (Å²) in [4.78, 5) is 20.6. The number of esters is 1. The van der Waals surface area contributed by atoms with Crippen molar-refractivity contribution in [2.75, 3.05) is 45.2 Å². The van der Waals surface area contributed by atoms with Crippen LogP contribution in [0.4, 0.5) is 18.9 Å². The highest BCUT2D eigenvalue weighted by Crippen LogP contribution is 2.37. The molecule has 4 aromatic rings. The van der Waals surface area contributed by atoms with E-state index in [1.807, 2.05) is 12.1 Å². The van der Waals surface area contributed by atoms with Crippen LogP contribution in [0.15, 0.2) is 54.6 Å². The number of fused-ring (bicyclic) bond motifs is 3. The first kappa shape index (κ1) is 22.3. The topological polar surface area (TPSA) is 48.6 Å². The van der Waals surface area contributed by atoms with Gasteiger partial charge in [0.05, 0.1) is 23.8 Å².